The zero-order chi connectivity index (χ0) is 10.6. The van der Waals surface area contributed by atoms with Crippen LogP contribution in [-0.4, -0.2) is 19.0 Å². The molecule has 0 saturated heterocycles. The number of carbonyl (C=O) groups excluding carboxylic acids is 1. The molecule has 1 atom stereocenters. The second kappa shape index (κ2) is 5.00. The Morgan fingerprint density at radius 3 is 2.43 bits per heavy atom. The molecule has 3 nitrogen and oxygen atoms in total. The van der Waals surface area contributed by atoms with Crippen molar-refractivity contribution in [2.75, 3.05) is 12.4 Å². The molecule has 2 N–H and O–H groups in total. The van der Waals surface area contributed by atoms with E-state index in [1.54, 1.807) is 7.05 Å². The Hall–Kier alpha value is -1.03. The van der Waals surface area contributed by atoms with E-state index in [2.05, 4.69) is 26.6 Å². The van der Waals surface area contributed by atoms with Gasteiger partial charge in [-0.3, -0.25) is 4.79 Å². The molecule has 0 aliphatic carbocycles. The Kier molecular flexibility index (Phi) is 3.95. The fraction of sp³-hybridized carbons (Fsp3) is 0.300. The fourth-order valence-electron chi connectivity index (χ4n) is 1.08. The first-order chi connectivity index (χ1) is 6.63. The molecule has 1 rings (SSSR count). The van der Waals surface area contributed by atoms with Crippen molar-refractivity contribution in [2.45, 2.75) is 13.0 Å². The third-order valence-corrected chi connectivity index (χ3v) is 2.40. The van der Waals surface area contributed by atoms with Crippen LogP contribution < -0.4 is 10.6 Å². The quantitative estimate of drug-likeness (QED) is 0.869. The SMILES string of the molecule is CNC(=O)C(C)Nc1ccc(Br)cc1. The molecule has 1 aromatic rings. The minimum Gasteiger partial charge on any atom is -0.374 e. The van der Waals surface area contributed by atoms with Crippen molar-refractivity contribution in [3.63, 3.8) is 0 Å². The summed E-state index contributed by atoms with van der Waals surface area (Å²) >= 11 is 3.35. The maximum atomic E-state index is 11.2. The third kappa shape index (κ3) is 3.03. The van der Waals surface area contributed by atoms with Crippen molar-refractivity contribution >= 4 is 27.5 Å². The largest absolute Gasteiger partial charge is 0.374 e. The molecule has 76 valence electrons. The highest BCUT2D eigenvalue weighted by Crippen LogP contribution is 2.14. The number of amides is 1. The van der Waals surface area contributed by atoms with Gasteiger partial charge in [-0.1, -0.05) is 15.9 Å². The van der Waals surface area contributed by atoms with Gasteiger partial charge in [0.15, 0.2) is 0 Å². The summed E-state index contributed by atoms with van der Waals surface area (Å²) in [4.78, 5) is 11.2. The zero-order valence-electron chi connectivity index (χ0n) is 8.17. The first kappa shape index (κ1) is 11.0. The van der Waals surface area contributed by atoms with Crippen molar-refractivity contribution in [2.24, 2.45) is 0 Å². The van der Waals surface area contributed by atoms with Crippen molar-refractivity contribution in [3.05, 3.63) is 28.7 Å². The predicted molar refractivity (Wildman–Crippen MR) is 61.3 cm³/mol. The van der Waals surface area contributed by atoms with Crippen LogP contribution in [0.1, 0.15) is 6.92 Å². The first-order valence-corrected chi connectivity index (χ1v) is 5.16. The maximum Gasteiger partial charge on any atom is 0.241 e. The molecule has 0 spiro atoms. The van der Waals surface area contributed by atoms with E-state index in [4.69, 9.17) is 0 Å². The molecule has 4 heteroatoms. The average molecular weight is 257 g/mol. The Morgan fingerprint density at radius 2 is 1.93 bits per heavy atom. The van der Waals surface area contributed by atoms with Gasteiger partial charge in [0.1, 0.15) is 6.04 Å². The molecule has 0 saturated carbocycles. The summed E-state index contributed by atoms with van der Waals surface area (Å²) in [6, 6.07) is 7.48. The standard InChI is InChI=1S/C10H13BrN2O/c1-7(10(14)12-2)13-9-5-3-8(11)4-6-9/h3-7,13H,1-2H3,(H,12,14). The summed E-state index contributed by atoms with van der Waals surface area (Å²) in [6.07, 6.45) is 0. The molecule has 0 aliphatic heterocycles. The van der Waals surface area contributed by atoms with Gasteiger partial charge in [-0.05, 0) is 31.2 Å². The lowest BCUT2D eigenvalue weighted by atomic mass is 10.2. The van der Waals surface area contributed by atoms with E-state index in [0.29, 0.717) is 0 Å². The maximum absolute atomic E-state index is 11.2. The molecule has 0 aromatic heterocycles. The van der Waals surface area contributed by atoms with E-state index in [-0.39, 0.29) is 11.9 Å². The number of nitrogens with one attached hydrogen (secondary N) is 2. The normalized spacial score (nSPS) is 11.9. The van der Waals surface area contributed by atoms with Gasteiger partial charge in [0, 0.05) is 17.2 Å². The zero-order valence-corrected chi connectivity index (χ0v) is 9.76. The molecule has 0 radical (unpaired) electrons. The number of hydrogen-bond donors (Lipinski definition) is 2. The van der Waals surface area contributed by atoms with Gasteiger partial charge in [-0.15, -0.1) is 0 Å². The molecular formula is C10H13BrN2O. The molecular weight excluding hydrogens is 244 g/mol. The lowest BCUT2D eigenvalue weighted by molar-refractivity contribution is -0.121. The number of likely N-dealkylation sites (N-methyl/N-ethyl adjacent to an activating group) is 1. The summed E-state index contributed by atoms with van der Waals surface area (Å²) in [5, 5.41) is 5.67. The Labute approximate surface area is 92.0 Å². The van der Waals surface area contributed by atoms with E-state index in [1.807, 2.05) is 31.2 Å². The monoisotopic (exact) mass is 256 g/mol. The number of halogens is 1. The van der Waals surface area contributed by atoms with Crippen LogP contribution >= 0.6 is 15.9 Å². The van der Waals surface area contributed by atoms with Crippen LogP contribution in [0.15, 0.2) is 28.7 Å². The molecule has 0 heterocycles. The molecule has 0 aliphatic rings. The fourth-order valence-corrected chi connectivity index (χ4v) is 1.34. The molecule has 1 aromatic carbocycles. The lowest BCUT2D eigenvalue weighted by Gasteiger charge is -2.13. The van der Waals surface area contributed by atoms with Gasteiger partial charge < -0.3 is 10.6 Å². The average Bonchev–Trinajstić information content (AvgIpc) is 2.20. The van der Waals surface area contributed by atoms with Crippen LogP contribution in [0.25, 0.3) is 0 Å². The smallest absolute Gasteiger partial charge is 0.241 e. The number of hydrogen-bond acceptors (Lipinski definition) is 2. The van der Waals surface area contributed by atoms with Crippen LogP contribution in [0.4, 0.5) is 5.69 Å². The minimum absolute atomic E-state index is 0.0204. The Morgan fingerprint density at radius 1 is 1.36 bits per heavy atom. The van der Waals surface area contributed by atoms with Crippen LogP contribution in [0.3, 0.4) is 0 Å². The van der Waals surface area contributed by atoms with Gasteiger partial charge in [0.25, 0.3) is 0 Å². The summed E-state index contributed by atoms with van der Waals surface area (Å²) < 4.78 is 1.02. The van der Waals surface area contributed by atoms with Crippen molar-refractivity contribution in [1.82, 2.24) is 5.32 Å². The summed E-state index contributed by atoms with van der Waals surface area (Å²) in [5.74, 6) is -0.0204. The lowest BCUT2D eigenvalue weighted by Crippen LogP contribution is -2.35. The second-order valence-electron chi connectivity index (χ2n) is 2.99. The van der Waals surface area contributed by atoms with Gasteiger partial charge in [-0.2, -0.15) is 0 Å². The third-order valence-electron chi connectivity index (χ3n) is 1.87. The van der Waals surface area contributed by atoms with E-state index >= 15 is 0 Å². The van der Waals surface area contributed by atoms with E-state index in [0.717, 1.165) is 10.2 Å². The summed E-state index contributed by atoms with van der Waals surface area (Å²) in [5.41, 5.74) is 0.935. The van der Waals surface area contributed by atoms with E-state index in [9.17, 15) is 4.79 Å². The number of carbonyl (C=O) groups is 1. The van der Waals surface area contributed by atoms with Gasteiger partial charge in [0.05, 0.1) is 0 Å². The predicted octanol–water partition coefficient (Wildman–Crippen LogP) is 2.00. The first-order valence-electron chi connectivity index (χ1n) is 4.37. The van der Waals surface area contributed by atoms with Crippen LogP contribution in [0.5, 0.6) is 0 Å². The summed E-state index contributed by atoms with van der Waals surface area (Å²) in [7, 11) is 1.63. The van der Waals surface area contributed by atoms with Gasteiger partial charge in [0.2, 0.25) is 5.91 Å². The summed E-state index contributed by atoms with van der Waals surface area (Å²) in [6.45, 7) is 1.82. The number of anilines is 1. The molecule has 1 amide bonds. The molecule has 1 unspecified atom stereocenters. The topological polar surface area (TPSA) is 41.1 Å². The highest BCUT2D eigenvalue weighted by molar-refractivity contribution is 9.10. The highest BCUT2D eigenvalue weighted by Gasteiger charge is 2.09. The Balaban J connectivity index is 2.60. The van der Waals surface area contributed by atoms with Gasteiger partial charge >= 0.3 is 0 Å². The molecule has 14 heavy (non-hydrogen) atoms. The van der Waals surface area contributed by atoms with Crippen LogP contribution in [0, 0.1) is 0 Å². The number of rotatable bonds is 3. The van der Waals surface area contributed by atoms with Crippen molar-refractivity contribution < 1.29 is 4.79 Å². The molecule has 0 bridgehead atoms. The van der Waals surface area contributed by atoms with Crippen molar-refractivity contribution in [1.29, 1.82) is 0 Å². The highest BCUT2D eigenvalue weighted by atomic mass is 79.9. The van der Waals surface area contributed by atoms with Gasteiger partial charge in [-0.25, -0.2) is 0 Å². The van der Waals surface area contributed by atoms with Crippen LogP contribution in [-0.2, 0) is 4.79 Å². The minimum atomic E-state index is -0.221. The number of benzene rings is 1. The van der Waals surface area contributed by atoms with Crippen molar-refractivity contribution in [3.8, 4) is 0 Å². The van der Waals surface area contributed by atoms with E-state index < -0.39 is 0 Å². The van der Waals surface area contributed by atoms with E-state index in [1.165, 1.54) is 0 Å². The molecule has 0 fully saturated rings. The Bertz CT molecular complexity index is 310. The van der Waals surface area contributed by atoms with Crippen LogP contribution in [0.2, 0.25) is 0 Å². The second-order valence-corrected chi connectivity index (χ2v) is 3.90.